The molecule has 0 aliphatic heterocycles. The van der Waals surface area contributed by atoms with Crippen LogP contribution in [-0.4, -0.2) is 17.2 Å². The van der Waals surface area contributed by atoms with E-state index in [0.717, 1.165) is 14.7 Å². The van der Waals surface area contributed by atoms with Crippen molar-refractivity contribution in [2.24, 2.45) is 0 Å². The molecule has 1 amide bonds. The predicted molar refractivity (Wildman–Crippen MR) is 93.9 cm³/mol. The lowest BCUT2D eigenvalue weighted by Crippen LogP contribution is -2.30. The first-order chi connectivity index (χ1) is 11.0. The Morgan fingerprint density at radius 3 is 2.35 bits per heavy atom. The SMILES string of the molecule is O=C(O)CC(NC(=O)OCc1ccccc1)c1ccc(I)cc1. The number of nitrogens with one attached hydrogen (secondary N) is 1. The molecule has 0 radical (unpaired) electrons. The van der Waals surface area contributed by atoms with E-state index in [0.29, 0.717) is 0 Å². The Morgan fingerprint density at radius 1 is 1.09 bits per heavy atom. The number of benzene rings is 2. The largest absolute Gasteiger partial charge is 0.481 e. The van der Waals surface area contributed by atoms with E-state index in [-0.39, 0.29) is 13.0 Å². The molecule has 2 rings (SSSR count). The molecule has 6 heteroatoms. The van der Waals surface area contributed by atoms with Crippen LogP contribution in [0.3, 0.4) is 0 Å². The van der Waals surface area contributed by atoms with E-state index in [1.54, 1.807) is 12.1 Å². The van der Waals surface area contributed by atoms with Gasteiger partial charge in [0.2, 0.25) is 0 Å². The summed E-state index contributed by atoms with van der Waals surface area (Å²) >= 11 is 2.16. The molecule has 1 atom stereocenters. The van der Waals surface area contributed by atoms with Gasteiger partial charge < -0.3 is 15.2 Å². The van der Waals surface area contributed by atoms with Crippen LogP contribution >= 0.6 is 22.6 Å². The third-order valence-corrected chi connectivity index (χ3v) is 3.88. The molecular weight excluding hydrogens is 409 g/mol. The first kappa shape index (κ1) is 17.3. The summed E-state index contributed by atoms with van der Waals surface area (Å²) in [7, 11) is 0. The van der Waals surface area contributed by atoms with Gasteiger partial charge in [-0.05, 0) is 45.9 Å². The molecule has 2 aromatic rings. The quantitative estimate of drug-likeness (QED) is 0.692. The number of carbonyl (C=O) groups is 2. The second kappa shape index (κ2) is 8.52. The van der Waals surface area contributed by atoms with Gasteiger partial charge in [0.1, 0.15) is 6.61 Å². The van der Waals surface area contributed by atoms with Gasteiger partial charge in [-0.1, -0.05) is 42.5 Å². The van der Waals surface area contributed by atoms with Gasteiger partial charge in [0.05, 0.1) is 12.5 Å². The summed E-state index contributed by atoms with van der Waals surface area (Å²) in [5, 5.41) is 11.6. The highest BCUT2D eigenvalue weighted by atomic mass is 127. The number of carboxylic acid groups (broad SMARTS) is 1. The number of hydrogen-bond acceptors (Lipinski definition) is 3. The van der Waals surface area contributed by atoms with Gasteiger partial charge >= 0.3 is 12.1 Å². The summed E-state index contributed by atoms with van der Waals surface area (Å²) in [4.78, 5) is 22.9. The van der Waals surface area contributed by atoms with Gasteiger partial charge in [-0.3, -0.25) is 4.79 Å². The third kappa shape index (κ3) is 5.90. The fourth-order valence-electron chi connectivity index (χ4n) is 2.03. The number of amides is 1. The lowest BCUT2D eigenvalue weighted by molar-refractivity contribution is -0.137. The highest BCUT2D eigenvalue weighted by molar-refractivity contribution is 14.1. The van der Waals surface area contributed by atoms with E-state index < -0.39 is 18.1 Å². The van der Waals surface area contributed by atoms with Crippen LogP contribution in [0.2, 0.25) is 0 Å². The van der Waals surface area contributed by atoms with Crippen LogP contribution < -0.4 is 5.32 Å². The number of aliphatic carboxylic acids is 1. The molecule has 0 saturated heterocycles. The van der Waals surface area contributed by atoms with E-state index in [2.05, 4.69) is 27.9 Å². The Morgan fingerprint density at radius 2 is 1.74 bits per heavy atom. The van der Waals surface area contributed by atoms with Crippen molar-refractivity contribution in [3.05, 3.63) is 69.3 Å². The molecule has 0 aliphatic rings. The summed E-state index contributed by atoms with van der Waals surface area (Å²) in [5.74, 6) is -0.989. The maximum atomic E-state index is 11.9. The Bertz CT molecular complexity index is 658. The number of carbonyl (C=O) groups excluding carboxylic acids is 1. The Hall–Kier alpha value is -2.09. The summed E-state index contributed by atoms with van der Waals surface area (Å²) in [5.41, 5.74) is 1.59. The van der Waals surface area contributed by atoms with Crippen LogP contribution in [0.1, 0.15) is 23.6 Å². The average molecular weight is 425 g/mol. The van der Waals surface area contributed by atoms with Crippen LogP contribution in [0.25, 0.3) is 0 Å². The van der Waals surface area contributed by atoms with Crippen molar-refractivity contribution in [1.29, 1.82) is 0 Å². The second-order valence-corrected chi connectivity index (χ2v) is 6.15. The van der Waals surface area contributed by atoms with E-state index in [1.165, 1.54) is 0 Å². The molecule has 2 N–H and O–H groups in total. The van der Waals surface area contributed by atoms with Gasteiger partial charge in [0.25, 0.3) is 0 Å². The van der Waals surface area contributed by atoms with Gasteiger partial charge in [-0.2, -0.15) is 0 Å². The van der Waals surface area contributed by atoms with Gasteiger partial charge in [0.15, 0.2) is 0 Å². The second-order valence-electron chi connectivity index (χ2n) is 4.91. The molecule has 0 aliphatic carbocycles. The number of ether oxygens (including phenoxy) is 1. The Labute approximate surface area is 147 Å². The molecule has 0 fully saturated rings. The fourth-order valence-corrected chi connectivity index (χ4v) is 2.39. The number of alkyl carbamates (subject to hydrolysis) is 1. The summed E-state index contributed by atoms with van der Waals surface area (Å²) in [6, 6.07) is 16.0. The van der Waals surface area contributed by atoms with Crippen molar-refractivity contribution in [2.75, 3.05) is 0 Å². The van der Waals surface area contributed by atoms with E-state index in [4.69, 9.17) is 9.84 Å². The van der Waals surface area contributed by atoms with Crippen LogP contribution in [0.15, 0.2) is 54.6 Å². The van der Waals surface area contributed by atoms with E-state index in [1.807, 2.05) is 42.5 Å². The van der Waals surface area contributed by atoms with Gasteiger partial charge in [-0.25, -0.2) is 4.79 Å². The summed E-state index contributed by atoms with van der Waals surface area (Å²) < 4.78 is 6.18. The Balaban J connectivity index is 1.98. The number of hydrogen-bond donors (Lipinski definition) is 2. The van der Waals surface area contributed by atoms with Crippen LogP contribution in [0.5, 0.6) is 0 Å². The molecule has 0 bridgehead atoms. The molecule has 5 nitrogen and oxygen atoms in total. The molecule has 120 valence electrons. The first-order valence-corrected chi connectivity index (χ1v) is 8.07. The molecule has 0 spiro atoms. The van der Waals surface area contributed by atoms with Gasteiger partial charge in [-0.15, -0.1) is 0 Å². The lowest BCUT2D eigenvalue weighted by atomic mass is 10.0. The molecule has 1 unspecified atom stereocenters. The normalized spacial score (nSPS) is 11.5. The van der Waals surface area contributed by atoms with Crippen molar-refractivity contribution in [1.82, 2.24) is 5.32 Å². The summed E-state index contributed by atoms with van der Waals surface area (Å²) in [6.45, 7) is 0.138. The lowest BCUT2D eigenvalue weighted by Gasteiger charge is -2.17. The molecule has 2 aromatic carbocycles. The maximum Gasteiger partial charge on any atom is 0.407 e. The number of rotatable bonds is 6. The predicted octanol–water partition coefficient (Wildman–Crippen LogP) is 3.73. The zero-order valence-corrected chi connectivity index (χ0v) is 14.4. The molecule has 0 heterocycles. The van der Waals surface area contributed by atoms with Crippen molar-refractivity contribution in [3.8, 4) is 0 Å². The number of carboxylic acids is 1. The highest BCUT2D eigenvalue weighted by Crippen LogP contribution is 2.18. The van der Waals surface area contributed by atoms with Crippen molar-refractivity contribution in [3.63, 3.8) is 0 Å². The monoisotopic (exact) mass is 425 g/mol. The van der Waals surface area contributed by atoms with Crippen LogP contribution in [-0.2, 0) is 16.1 Å². The molecular formula is C17H16INO4. The maximum absolute atomic E-state index is 11.9. The van der Waals surface area contributed by atoms with E-state index in [9.17, 15) is 9.59 Å². The zero-order valence-electron chi connectivity index (χ0n) is 12.2. The first-order valence-electron chi connectivity index (χ1n) is 6.99. The van der Waals surface area contributed by atoms with Crippen molar-refractivity contribution in [2.45, 2.75) is 19.1 Å². The molecule has 23 heavy (non-hydrogen) atoms. The topological polar surface area (TPSA) is 75.6 Å². The van der Waals surface area contributed by atoms with Crippen molar-refractivity contribution < 1.29 is 19.4 Å². The summed E-state index contributed by atoms with van der Waals surface area (Å²) in [6.07, 6.45) is -0.847. The zero-order chi connectivity index (χ0) is 16.7. The fraction of sp³-hybridized carbons (Fsp3) is 0.176. The van der Waals surface area contributed by atoms with Crippen LogP contribution in [0.4, 0.5) is 4.79 Å². The highest BCUT2D eigenvalue weighted by Gasteiger charge is 2.18. The molecule has 0 saturated carbocycles. The minimum atomic E-state index is -0.989. The van der Waals surface area contributed by atoms with Gasteiger partial charge in [0, 0.05) is 3.57 Å². The standard InChI is InChI=1S/C17H16INO4/c18-14-8-6-13(7-9-14)15(10-16(20)21)19-17(22)23-11-12-4-2-1-3-5-12/h1-9,15H,10-11H2,(H,19,22)(H,20,21). The van der Waals surface area contributed by atoms with Crippen molar-refractivity contribution >= 4 is 34.7 Å². The Kier molecular flexibility index (Phi) is 6.40. The smallest absolute Gasteiger partial charge is 0.407 e. The third-order valence-electron chi connectivity index (χ3n) is 3.16. The average Bonchev–Trinajstić information content (AvgIpc) is 2.53. The van der Waals surface area contributed by atoms with E-state index >= 15 is 0 Å². The van der Waals surface area contributed by atoms with Crippen LogP contribution in [0, 0.1) is 3.57 Å². The number of halogens is 1. The molecule has 0 aromatic heterocycles. The minimum absolute atomic E-state index is 0.138. The minimum Gasteiger partial charge on any atom is -0.481 e.